The molecule has 0 bridgehead atoms. The minimum absolute atomic E-state index is 0.450. The van der Waals surface area contributed by atoms with Crippen molar-refractivity contribution in [2.75, 3.05) is 12.4 Å². The number of carbonyl (C=O) groups is 2. The quantitative estimate of drug-likeness (QED) is 0.655. The summed E-state index contributed by atoms with van der Waals surface area (Å²) >= 11 is 0. The number of para-hydroxylation sites is 2. The molecule has 0 unspecified atom stereocenters. The Morgan fingerprint density at radius 1 is 1.22 bits per heavy atom. The summed E-state index contributed by atoms with van der Waals surface area (Å²) in [5.41, 5.74) is 0.508. The fourth-order valence-electron chi connectivity index (χ4n) is 1.79. The van der Waals surface area contributed by atoms with Crippen molar-refractivity contribution >= 4 is 23.6 Å². The molecule has 0 aliphatic carbocycles. The lowest BCUT2D eigenvalue weighted by molar-refractivity contribution is -0.148. The van der Waals surface area contributed by atoms with Gasteiger partial charge in [-0.05, 0) is 37.3 Å². The molecule has 2 aromatic rings. The summed E-state index contributed by atoms with van der Waals surface area (Å²) < 4.78 is 15.2. The van der Waals surface area contributed by atoms with Crippen LogP contribution < -0.4 is 10.1 Å². The summed E-state index contributed by atoms with van der Waals surface area (Å²) in [6.07, 6.45) is 3.21. The number of rotatable bonds is 6. The van der Waals surface area contributed by atoms with E-state index >= 15 is 0 Å². The Morgan fingerprint density at radius 2 is 2.00 bits per heavy atom. The Balaban J connectivity index is 1.90. The minimum atomic E-state index is -0.950. The zero-order valence-corrected chi connectivity index (χ0v) is 12.8. The summed E-state index contributed by atoms with van der Waals surface area (Å²) in [5.74, 6) is -0.0384. The van der Waals surface area contributed by atoms with Gasteiger partial charge in [0.1, 0.15) is 11.5 Å². The molecule has 1 aromatic carbocycles. The highest BCUT2D eigenvalue weighted by atomic mass is 16.5. The number of nitrogens with one attached hydrogen (secondary N) is 1. The number of benzene rings is 1. The molecule has 0 aliphatic heterocycles. The van der Waals surface area contributed by atoms with E-state index in [4.69, 9.17) is 13.9 Å². The van der Waals surface area contributed by atoms with Gasteiger partial charge in [-0.2, -0.15) is 0 Å². The van der Waals surface area contributed by atoms with Crippen LogP contribution in [0.4, 0.5) is 5.69 Å². The highest BCUT2D eigenvalue weighted by Crippen LogP contribution is 2.23. The lowest BCUT2D eigenvalue weighted by Crippen LogP contribution is -2.29. The lowest BCUT2D eigenvalue weighted by atomic mass is 10.2. The Morgan fingerprint density at radius 3 is 2.70 bits per heavy atom. The number of hydrogen-bond donors (Lipinski definition) is 1. The molecule has 1 N–H and O–H groups in total. The summed E-state index contributed by atoms with van der Waals surface area (Å²) in [7, 11) is 1.51. The van der Waals surface area contributed by atoms with Crippen LogP contribution in [0.1, 0.15) is 12.7 Å². The second-order valence-corrected chi connectivity index (χ2v) is 4.62. The summed E-state index contributed by atoms with van der Waals surface area (Å²) in [4.78, 5) is 23.7. The van der Waals surface area contributed by atoms with Crippen LogP contribution in [0.5, 0.6) is 5.75 Å². The predicted molar refractivity (Wildman–Crippen MR) is 84.9 cm³/mol. The summed E-state index contributed by atoms with van der Waals surface area (Å²) in [5, 5.41) is 2.65. The molecule has 0 fully saturated rings. The third kappa shape index (κ3) is 4.74. The van der Waals surface area contributed by atoms with Crippen LogP contribution in [0.3, 0.4) is 0 Å². The van der Waals surface area contributed by atoms with Gasteiger partial charge in [-0.3, -0.25) is 4.79 Å². The molecular formula is C17H17NO5. The van der Waals surface area contributed by atoms with E-state index in [0.29, 0.717) is 17.2 Å². The summed E-state index contributed by atoms with van der Waals surface area (Å²) in [6.45, 7) is 1.49. The van der Waals surface area contributed by atoms with Crippen molar-refractivity contribution < 1.29 is 23.5 Å². The van der Waals surface area contributed by atoms with Crippen LogP contribution in [0, 0.1) is 0 Å². The molecule has 0 saturated carbocycles. The monoisotopic (exact) mass is 315 g/mol. The van der Waals surface area contributed by atoms with Gasteiger partial charge in [0.2, 0.25) is 0 Å². The van der Waals surface area contributed by atoms with E-state index in [9.17, 15) is 9.59 Å². The van der Waals surface area contributed by atoms with Crippen LogP contribution in [-0.2, 0) is 14.3 Å². The van der Waals surface area contributed by atoms with Gasteiger partial charge in [0.05, 0.1) is 19.1 Å². The molecule has 0 spiro atoms. The van der Waals surface area contributed by atoms with Crippen molar-refractivity contribution in [2.45, 2.75) is 13.0 Å². The first-order valence-electron chi connectivity index (χ1n) is 6.96. The van der Waals surface area contributed by atoms with Gasteiger partial charge in [0.25, 0.3) is 5.91 Å². The van der Waals surface area contributed by atoms with Gasteiger partial charge in [-0.1, -0.05) is 12.1 Å². The Kier molecular flexibility index (Phi) is 5.57. The molecule has 0 radical (unpaired) electrons. The van der Waals surface area contributed by atoms with Crippen LogP contribution >= 0.6 is 0 Å². The number of methoxy groups -OCH3 is 1. The number of ether oxygens (including phenoxy) is 2. The average Bonchev–Trinajstić information content (AvgIpc) is 3.06. The first-order chi connectivity index (χ1) is 11.1. The maximum Gasteiger partial charge on any atom is 0.331 e. The highest BCUT2D eigenvalue weighted by molar-refractivity contribution is 5.97. The maximum atomic E-state index is 12.1. The molecule has 1 atom stereocenters. The largest absolute Gasteiger partial charge is 0.495 e. The fourth-order valence-corrected chi connectivity index (χ4v) is 1.79. The van der Waals surface area contributed by atoms with E-state index in [0.717, 1.165) is 0 Å². The lowest BCUT2D eigenvalue weighted by Gasteiger charge is -2.14. The Labute approximate surface area is 133 Å². The molecule has 1 heterocycles. The van der Waals surface area contributed by atoms with Crippen molar-refractivity contribution in [2.24, 2.45) is 0 Å². The molecule has 120 valence electrons. The zero-order valence-electron chi connectivity index (χ0n) is 12.8. The van der Waals surface area contributed by atoms with Crippen molar-refractivity contribution in [3.63, 3.8) is 0 Å². The van der Waals surface area contributed by atoms with Crippen molar-refractivity contribution in [1.29, 1.82) is 0 Å². The molecule has 1 amide bonds. The smallest absolute Gasteiger partial charge is 0.331 e. The number of hydrogen-bond acceptors (Lipinski definition) is 5. The molecule has 6 heteroatoms. The topological polar surface area (TPSA) is 77.8 Å². The SMILES string of the molecule is COc1ccccc1NC(=O)[C@@H](C)OC(=O)/C=C/c1ccco1. The van der Waals surface area contributed by atoms with E-state index < -0.39 is 18.0 Å². The van der Waals surface area contributed by atoms with Crippen LogP contribution in [0.15, 0.2) is 53.2 Å². The van der Waals surface area contributed by atoms with Gasteiger partial charge >= 0.3 is 5.97 Å². The summed E-state index contributed by atoms with van der Waals surface area (Å²) in [6, 6.07) is 10.4. The van der Waals surface area contributed by atoms with E-state index in [-0.39, 0.29) is 0 Å². The van der Waals surface area contributed by atoms with E-state index in [1.807, 2.05) is 0 Å². The van der Waals surface area contributed by atoms with Crippen molar-refractivity contribution in [3.8, 4) is 5.75 Å². The molecular weight excluding hydrogens is 298 g/mol. The number of amides is 1. The van der Waals surface area contributed by atoms with Crippen LogP contribution in [-0.4, -0.2) is 25.1 Å². The zero-order chi connectivity index (χ0) is 16.7. The first-order valence-corrected chi connectivity index (χ1v) is 6.96. The first kappa shape index (κ1) is 16.4. The minimum Gasteiger partial charge on any atom is -0.495 e. The second kappa shape index (κ2) is 7.84. The van der Waals surface area contributed by atoms with Crippen molar-refractivity contribution in [3.05, 3.63) is 54.5 Å². The van der Waals surface area contributed by atoms with Gasteiger partial charge in [0, 0.05) is 6.08 Å². The van der Waals surface area contributed by atoms with Gasteiger partial charge in [0.15, 0.2) is 6.10 Å². The molecule has 0 aliphatic rings. The highest BCUT2D eigenvalue weighted by Gasteiger charge is 2.18. The molecule has 23 heavy (non-hydrogen) atoms. The molecule has 1 aromatic heterocycles. The van der Waals surface area contributed by atoms with E-state index in [1.54, 1.807) is 36.4 Å². The molecule has 0 saturated heterocycles. The maximum absolute atomic E-state index is 12.1. The van der Waals surface area contributed by atoms with Crippen molar-refractivity contribution in [1.82, 2.24) is 0 Å². The number of furan rings is 1. The van der Waals surface area contributed by atoms with Gasteiger partial charge in [-0.15, -0.1) is 0 Å². The van der Waals surface area contributed by atoms with Crippen LogP contribution in [0.25, 0.3) is 6.08 Å². The van der Waals surface area contributed by atoms with E-state index in [1.165, 1.54) is 32.4 Å². The standard InChI is InChI=1S/C17H17NO5/c1-12(23-16(19)10-9-13-6-5-11-22-13)17(20)18-14-7-3-4-8-15(14)21-2/h3-12H,1-2H3,(H,18,20)/b10-9+/t12-/m1/s1. The fraction of sp³-hybridized carbons (Fsp3) is 0.176. The number of carbonyl (C=O) groups excluding carboxylic acids is 2. The Bertz CT molecular complexity index is 691. The molecule has 6 nitrogen and oxygen atoms in total. The average molecular weight is 315 g/mol. The third-order valence-corrected chi connectivity index (χ3v) is 2.95. The number of esters is 1. The number of anilines is 1. The molecule has 2 rings (SSSR count). The van der Waals surface area contributed by atoms with Gasteiger partial charge < -0.3 is 19.2 Å². The van der Waals surface area contributed by atoms with E-state index in [2.05, 4.69) is 5.32 Å². The van der Waals surface area contributed by atoms with Gasteiger partial charge in [-0.25, -0.2) is 4.79 Å². The predicted octanol–water partition coefficient (Wildman–Crippen LogP) is 2.87. The van der Waals surface area contributed by atoms with Crippen LogP contribution in [0.2, 0.25) is 0 Å². The normalized spacial score (nSPS) is 11.9. The Hall–Kier alpha value is -3.02. The third-order valence-electron chi connectivity index (χ3n) is 2.95. The second-order valence-electron chi connectivity index (χ2n) is 4.62.